The monoisotopic (exact) mass is 905 g/mol. The Morgan fingerprint density at radius 2 is 0.905 bits per heavy atom. The van der Waals surface area contributed by atoms with Crippen molar-refractivity contribution in [2.24, 2.45) is 0 Å². The first kappa shape index (κ1) is 60.5. The topological polar surface area (TPSA) is 108 Å². The Hall–Kier alpha value is -2.55. The van der Waals surface area contributed by atoms with Crippen LogP contribution in [0, 0.1) is 0 Å². The Bertz CT molecular complexity index is 1300. The first-order valence-electron chi connectivity index (χ1n) is 25.2. The number of allylic oxidation sites excluding steroid dienone is 12. The normalized spacial score (nSPS) is 14.1. The molecule has 1 N–H and O–H groups in total. The largest absolute Gasteiger partial charge is 0.472 e. The summed E-state index contributed by atoms with van der Waals surface area (Å²) in [6.45, 7) is 4.30. The molecule has 0 spiro atoms. The molecule has 0 fully saturated rings. The van der Waals surface area contributed by atoms with E-state index in [1.807, 2.05) is 21.1 Å². The summed E-state index contributed by atoms with van der Waals surface area (Å²) in [4.78, 5) is 35.5. The van der Waals surface area contributed by atoms with E-state index in [-0.39, 0.29) is 32.0 Å². The maximum absolute atomic E-state index is 12.8. The van der Waals surface area contributed by atoms with Crippen LogP contribution in [0.25, 0.3) is 0 Å². The van der Waals surface area contributed by atoms with Crippen LogP contribution in [-0.4, -0.2) is 74.9 Å². The Morgan fingerprint density at radius 1 is 0.508 bits per heavy atom. The van der Waals surface area contributed by atoms with Crippen LogP contribution in [0.3, 0.4) is 0 Å². The van der Waals surface area contributed by atoms with Crippen molar-refractivity contribution in [3.63, 3.8) is 0 Å². The van der Waals surface area contributed by atoms with E-state index in [2.05, 4.69) is 86.8 Å². The molecule has 0 amide bonds. The number of nitrogens with zero attached hydrogens (tertiary/aromatic N) is 1. The highest BCUT2D eigenvalue weighted by atomic mass is 31.2. The van der Waals surface area contributed by atoms with Crippen LogP contribution in [0.2, 0.25) is 0 Å². The van der Waals surface area contributed by atoms with Crippen LogP contribution < -0.4 is 0 Å². The molecule has 0 aromatic carbocycles. The number of phosphoric acid groups is 1. The maximum Gasteiger partial charge on any atom is 0.472 e. The first-order valence-corrected chi connectivity index (χ1v) is 26.7. The minimum atomic E-state index is -4.39. The van der Waals surface area contributed by atoms with Crippen molar-refractivity contribution in [3.05, 3.63) is 72.9 Å². The standard InChI is InChI=1S/C53H94NO8P/c1-6-8-10-12-14-16-18-20-22-23-24-25-26-27-28-29-30-31-32-34-36-38-40-42-44-46-53(56)62-51(50-61-63(57,58)60-48-47-54(3,4)5)49-59-52(55)45-43-41-39-37-35-33-21-19-17-15-13-11-9-7-2/h8,10,14,16,20,22,24-25,27-28,30-31,51H,6-7,9,11-13,15,17-19,21,23,26,29,32-50H2,1-5H3/p+1/b10-8-,16-14-,22-20-,25-24-,28-27-,31-30-. The van der Waals surface area contributed by atoms with Gasteiger partial charge >= 0.3 is 19.8 Å². The smallest absolute Gasteiger partial charge is 0.462 e. The lowest BCUT2D eigenvalue weighted by molar-refractivity contribution is -0.870. The Labute approximate surface area is 387 Å². The minimum Gasteiger partial charge on any atom is -0.462 e. The van der Waals surface area contributed by atoms with Gasteiger partial charge in [-0.3, -0.25) is 18.6 Å². The summed E-state index contributed by atoms with van der Waals surface area (Å²) in [5.74, 6) is -0.815. The zero-order valence-corrected chi connectivity index (χ0v) is 41.9. The molecule has 2 atom stereocenters. The highest BCUT2D eigenvalue weighted by Crippen LogP contribution is 2.43. The van der Waals surface area contributed by atoms with Gasteiger partial charge in [-0.25, -0.2) is 4.57 Å². The highest BCUT2D eigenvalue weighted by Gasteiger charge is 2.27. The number of likely N-dealkylation sites (N-methyl/N-ethyl adjacent to an activating group) is 1. The molecule has 0 aliphatic heterocycles. The molecule has 0 saturated carbocycles. The Balaban J connectivity index is 4.29. The molecule has 9 nitrogen and oxygen atoms in total. The Morgan fingerprint density at radius 3 is 1.35 bits per heavy atom. The maximum atomic E-state index is 12.8. The average molecular weight is 905 g/mol. The number of phosphoric ester groups is 1. The van der Waals surface area contributed by atoms with Gasteiger partial charge in [-0.1, -0.05) is 196 Å². The fourth-order valence-corrected chi connectivity index (χ4v) is 7.35. The number of ether oxygens (including phenoxy) is 2. The first-order chi connectivity index (χ1) is 30.5. The van der Waals surface area contributed by atoms with Crippen LogP contribution in [0.1, 0.15) is 200 Å². The van der Waals surface area contributed by atoms with Gasteiger partial charge in [-0.15, -0.1) is 0 Å². The van der Waals surface area contributed by atoms with Crippen LogP contribution >= 0.6 is 7.82 Å². The number of hydrogen-bond donors (Lipinski definition) is 1. The molecule has 0 aromatic heterocycles. The molecule has 0 saturated heterocycles. The highest BCUT2D eigenvalue weighted by molar-refractivity contribution is 7.47. The summed E-state index contributed by atoms with van der Waals surface area (Å²) in [7, 11) is 1.46. The number of esters is 2. The third kappa shape index (κ3) is 48.7. The van der Waals surface area contributed by atoms with E-state index in [4.69, 9.17) is 18.5 Å². The summed E-state index contributed by atoms with van der Waals surface area (Å²) in [6, 6.07) is 0. The molecule has 63 heavy (non-hydrogen) atoms. The number of carbonyl (C=O) groups is 2. The van der Waals surface area contributed by atoms with Gasteiger partial charge < -0.3 is 18.9 Å². The molecule has 364 valence electrons. The molecule has 0 heterocycles. The van der Waals surface area contributed by atoms with E-state index in [0.717, 1.165) is 96.3 Å². The molecule has 0 aliphatic rings. The number of unbranched alkanes of at least 4 members (excludes halogenated alkanes) is 19. The molecule has 0 radical (unpaired) electrons. The summed E-state index contributed by atoms with van der Waals surface area (Å²) in [6.07, 6.45) is 56.6. The number of rotatable bonds is 45. The van der Waals surface area contributed by atoms with Crippen molar-refractivity contribution in [2.75, 3.05) is 47.5 Å². The molecular weight excluding hydrogens is 810 g/mol. The summed E-state index contributed by atoms with van der Waals surface area (Å²) >= 11 is 0. The molecule has 2 unspecified atom stereocenters. The van der Waals surface area contributed by atoms with Gasteiger partial charge in [0.25, 0.3) is 0 Å². The van der Waals surface area contributed by atoms with Gasteiger partial charge in [0.15, 0.2) is 6.10 Å². The van der Waals surface area contributed by atoms with Gasteiger partial charge in [0.05, 0.1) is 27.7 Å². The van der Waals surface area contributed by atoms with Crippen LogP contribution in [0.4, 0.5) is 0 Å². The molecule has 10 heteroatoms. The second-order valence-corrected chi connectivity index (χ2v) is 19.3. The van der Waals surface area contributed by atoms with Crippen molar-refractivity contribution >= 4 is 19.8 Å². The van der Waals surface area contributed by atoms with Gasteiger partial charge in [0, 0.05) is 12.8 Å². The predicted molar refractivity (Wildman–Crippen MR) is 266 cm³/mol. The molecule has 0 aliphatic carbocycles. The number of hydrogen-bond acceptors (Lipinski definition) is 7. The van der Waals surface area contributed by atoms with Crippen molar-refractivity contribution in [3.8, 4) is 0 Å². The predicted octanol–water partition coefficient (Wildman–Crippen LogP) is 15.0. The van der Waals surface area contributed by atoms with Gasteiger partial charge in [0.1, 0.15) is 19.8 Å². The van der Waals surface area contributed by atoms with Crippen LogP contribution in [-0.2, 0) is 32.7 Å². The molecule has 0 aromatic rings. The zero-order chi connectivity index (χ0) is 46.4. The van der Waals surface area contributed by atoms with Crippen LogP contribution in [0.15, 0.2) is 72.9 Å². The van der Waals surface area contributed by atoms with Crippen molar-refractivity contribution in [2.45, 2.75) is 206 Å². The van der Waals surface area contributed by atoms with Crippen molar-refractivity contribution < 1.29 is 42.1 Å². The number of quaternary nitrogens is 1. The minimum absolute atomic E-state index is 0.0262. The summed E-state index contributed by atoms with van der Waals surface area (Å²) in [5.41, 5.74) is 0. The van der Waals surface area contributed by atoms with Crippen LogP contribution in [0.5, 0.6) is 0 Å². The van der Waals surface area contributed by atoms with E-state index in [9.17, 15) is 19.0 Å². The lowest BCUT2D eigenvalue weighted by atomic mass is 10.0. The second kappa shape index (κ2) is 44.6. The van der Waals surface area contributed by atoms with E-state index in [1.165, 1.54) is 70.6 Å². The van der Waals surface area contributed by atoms with Gasteiger partial charge in [-0.2, -0.15) is 0 Å². The fourth-order valence-electron chi connectivity index (χ4n) is 6.61. The zero-order valence-electron chi connectivity index (χ0n) is 41.0. The quantitative estimate of drug-likeness (QED) is 0.0212. The molecule has 0 bridgehead atoms. The van der Waals surface area contributed by atoms with Gasteiger partial charge in [-0.05, 0) is 64.2 Å². The lowest BCUT2D eigenvalue weighted by Crippen LogP contribution is -2.37. The summed E-state index contributed by atoms with van der Waals surface area (Å²) < 4.78 is 34.4. The third-order valence-electron chi connectivity index (χ3n) is 10.5. The Kier molecular flexibility index (Phi) is 42.8. The van der Waals surface area contributed by atoms with Crippen molar-refractivity contribution in [1.82, 2.24) is 0 Å². The van der Waals surface area contributed by atoms with E-state index in [0.29, 0.717) is 17.4 Å². The fraction of sp³-hybridized carbons (Fsp3) is 0.736. The summed E-state index contributed by atoms with van der Waals surface area (Å²) in [5, 5.41) is 0. The third-order valence-corrected chi connectivity index (χ3v) is 11.5. The van der Waals surface area contributed by atoms with Gasteiger partial charge in [0.2, 0.25) is 0 Å². The van der Waals surface area contributed by atoms with Crippen molar-refractivity contribution in [1.29, 1.82) is 0 Å². The lowest BCUT2D eigenvalue weighted by Gasteiger charge is -2.24. The van der Waals surface area contributed by atoms with E-state index < -0.39 is 26.5 Å². The number of carbonyl (C=O) groups excluding carboxylic acids is 2. The molecule has 0 rings (SSSR count). The SMILES string of the molecule is CC/C=C\C/C=C\C/C=C\C/C=C\C/C=C\C/C=C\CCCCCCCCC(=O)OC(COC(=O)CCCCCCCCCCCCCCCC)COP(=O)(O)OCC[N+](C)(C)C. The molecular formula is C53H95NO8P+. The van der Waals surface area contributed by atoms with E-state index >= 15 is 0 Å². The second-order valence-electron chi connectivity index (χ2n) is 17.8. The average Bonchev–Trinajstić information content (AvgIpc) is 3.24. The van der Waals surface area contributed by atoms with E-state index in [1.54, 1.807) is 0 Å².